The minimum absolute atomic E-state index is 0.158. The Balaban J connectivity index is 2.20. The number of imide groups is 1. The molecule has 0 spiro atoms. The van der Waals surface area contributed by atoms with Crippen molar-refractivity contribution in [3.8, 4) is 0 Å². The number of nitro benzene ring substituents is 1. The second kappa shape index (κ2) is 7.21. The maximum absolute atomic E-state index is 12.3. The highest BCUT2D eigenvalue weighted by atomic mass is 16.6. The predicted molar refractivity (Wildman–Crippen MR) is 90.7 cm³/mol. The van der Waals surface area contributed by atoms with E-state index in [0.717, 1.165) is 6.92 Å². The Labute approximate surface area is 142 Å². The van der Waals surface area contributed by atoms with E-state index in [1.807, 2.05) is 0 Å². The summed E-state index contributed by atoms with van der Waals surface area (Å²) >= 11 is 0. The summed E-state index contributed by atoms with van der Waals surface area (Å²) in [6, 6.07) is 10.9. The molecule has 0 aliphatic heterocycles. The molecule has 2 aromatic carbocycles. The van der Waals surface area contributed by atoms with Gasteiger partial charge in [0.15, 0.2) is 0 Å². The number of nitrogens with zero attached hydrogens (tertiary/aromatic N) is 2. The van der Waals surface area contributed by atoms with Crippen LogP contribution in [0.4, 0.5) is 22.7 Å². The minimum atomic E-state index is -1.10. The van der Waals surface area contributed by atoms with Gasteiger partial charge in [0, 0.05) is 30.4 Å². The molecule has 0 saturated heterocycles. The Kier molecular flexibility index (Phi) is 5.08. The van der Waals surface area contributed by atoms with Crippen molar-refractivity contribution >= 4 is 40.5 Å². The molecule has 128 valence electrons. The SMILES string of the molecule is CC(=O)N(C(=O)C(=O)Nc1ccc([N+](=O)[O-])cc1)c1cccc(N)c1. The Morgan fingerprint density at radius 2 is 1.76 bits per heavy atom. The first-order valence-corrected chi connectivity index (χ1v) is 7.05. The summed E-state index contributed by atoms with van der Waals surface area (Å²) in [4.78, 5) is 46.9. The summed E-state index contributed by atoms with van der Waals surface area (Å²) in [5, 5.41) is 12.9. The number of nitro groups is 1. The monoisotopic (exact) mass is 342 g/mol. The van der Waals surface area contributed by atoms with Gasteiger partial charge in [-0.2, -0.15) is 0 Å². The maximum atomic E-state index is 12.3. The number of nitrogen functional groups attached to an aromatic ring is 1. The first kappa shape index (κ1) is 17.6. The third-order valence-electron chi connectivity index (χ3n) is 3.18. The van der Waals surface area contributed by atoms with Crippen LogP contribution in [-0.4, -0.2) is 22.6 Å². The number of non-ortho nitro benzene ring substituents is 1. The summed E-state index contributed by atoms with van der Waals surface area (Å²) in [5.41, 5.74) is 6.14. The summed E-state index contributed by atoms with van der Waals surface area (Å²) in [6.07, 6.45) is 0. The van der Waals surface area contributed by atoms with Crippen LogP contribution >= 0.6 is 0 Å². The van der Waals surface area contributed by atoms with E-state index in [2.05, 4.69) is 5.32 Å². The zero-order valence-electron chi connectivity index (χ0n) is 13.1. The fourth-order valence-corrected chi connectivity index (χ4v) is 2.06. The largest absolute Gasteiger partial charge is 0.399 e. The molecule has 3 N–H and O–H groups in total. The van der Waals surface area contributed by atoms with E-state index in [1.54, 1.807) is 12.1 Å². The van der Waals surface area contributed by atoms with Crippen molar-refractivity contribution in [3.63, 3.8) is 0 Å². The summed E-state index contributed by atoms with van der Waals surface area (Å²) in [6.45, 7) is 1.14. The number of carbonyl (C=O) groups excluding carboxylic acids is 3. The molecule has 0 fully saturated rings. The van der Waals surface area contributed by atoms with Crippen LogP contribution in [0, 0.1) is 10.1 Å². The van der Waals surface area contributed by atoms with Crippen molar-refractivity contribution < 1.29 is 19.3 Å². The number of nitrogens with two attached hydrogens (primary N) is 1. The number of hydrogen-bond acceptors (Lipinski definition) is 6. The van der Waals surface area contributed by atoms with Crippen molar-refractivity contribution in [2.75, 3.05) is 16.0 Å². The average molecular weight is 342 g/mol. The Morgan fingerprint density at radius 3 is 2.28 bits per heavy atom. The third-order valence-corrected chi connectivity index (χ3v) is 3.18. The minimum Gasteiger partial charge on any atom is -0.399 e. The van der Waals surface area contributed by atoms with Gasteiger partial charge in [0.05, 0.1) is 10.6 Å². The highest BCUT2D eigenvalue weighted by molar-refractivity contribution is 6.48. The molecule has 0 bridgehead atoms. The standard InChI is InChI=1S/C16H14N4O5/c1-10(21)19(14-4-2-3-11(17)9-14)16(23)15(22)18-12-5-7-13(8-6-12)20(24)25/h2-9H,17H2,1H3,(H,18,22). The molecule has 2 rings (SSSR count). The molecular weight excluding hydrogens is 328 g/mol. The number of carbonyl (C=O) groups is 3. The predicted octanol–water partition coefficient (Wildman–Crippen LogP) is 1.70. The van der Waals surface area contributed by atoms with Gasteiger partial charge in [0.2, 0.25) is 5.91 Å². The number of nitrogens with one attached hydrogen (secondary N) is 1. The Bertz CT molecular complexity index is 848. The lowest BCUT2D eigenvalue weighted by Crippen LogP contribution is -2.42. The lowest BCUT2D eigenvalue weighted by Gasteiger charge is -2.19. The Morgan fingerprint density at radius 1 is 1.12 bits per heavy atom. The van der Waals surface area contributed by atoms with Crippen LogP contribution < -0.4 is 16.0 Å². The zero-order chi connectivity index (χ0) is 18.6. The van der Waals surface area contributed by atoms with Crippen LogP contribution in [0.3, 0.4) is 0 Å². The maximum Gasteiger partial charge on any atom is 0.323 e. The van der Waals surface area contributed by atoms with Gasteiger partial charge >= 0.3 is 11.8 Å². The Hall–Kier alpha value is -3.75. The van der Waals surface area contributed by atoms with Gasteiger partial charge in [0.25, 0.3) is 5.69 Å². The average Bonchev–Trinajstić information content (AvgIpc) is 2.55. The molecule has 0 aliphatic carbocycles. The van der Waals surface area contributed by atoms with E-state index in [1.165, 1.54) is 36.4 Å². The van der Waals surface area contributed by atoms with Crippen molar-refractivity contribution in [1.29, 1.82) is 0 Å². The molecule has 0 heterocycles. The van der Waals surface area contributed by atoms with E-state index in [-0.39, 0.29) is 17.1 Å². The summed E-state index contributed by atoms with van der Waals surface area (Å²) in [5.74, 6) is -2.82. The van der Waals surface area contributed by atoms with Gasteiger partial charge in [-0.3, -0.25) is 24.5 Å². The first-order valence-electron chi connectivity index (χ1n) is 7.05. The fraction of sp³-hybridized carbons (Fsp3) is 0.0625. The van der Waals surface area contributed by atoms with E-state index < -0.39 is 22.6 Å². The van der Waals surface area contributed by atoms with E-state index in [0.29, 0.717) is 10.6 Å². The van der Waals surface area contributed by atoms with Gasteiger partial charge in [0.1, 0.15) is 0 Å². The van der Waals surface area contributed by atoms with Crippen LogP contribution in [0.1, 0.15) is 6.92 Å². The number of benzene rings is 2. The molecule has 9 nitrogen and oxygen atoms in total. The van der Waals surface area contributed by atoms with Crippen LogP contribution in [0.5, 0.6) is 0 Å². The lowest BCUT2D eigenvalue weighted by atomic mass is 10.2. The highest BCUT2D eigenvalue weighted by Gasteiger charge is 2.27. The van der Waals surface area contributed by atoms with E-state index in [4.69, 9.17) is 5.73 Å². The summed E-state index contributed by atoms with van der Waals surface area (Å²) < 4.78 is 0. The lowest BCUT2D eigenvalue weighted by molar-refractivity contribution is -0.384. The molecule has 0 unspecified atom stereocenters. The molecular formula is C16H14N4O5. The molecule has 0 saturated carbocycles. The molecule has 0 aliphatic rings. The van der Waals surface area contributed by atoms with E-state index in [9.17, 15) is 24.5 Å². The van der Waals surface area contributed by atoms with Crippen molar-refractivity contribution in [1.82, 2.24) is 0 Å². The first-order chi connectivity index (χ1) is 11.8. The molecule has 25 heavy (non-hydrogen) atoms. The molecule has 3 amide bonds. The number of anilines is 3. The van der Waals surface area contributed by atoms with Gasteiger partial charge in [-0.05, 0) is 30.3 Å². The van der Waals surface area contributed by atoms with Crippen molar-refractivity contribution in [2.45, 2.75) is 6.92 Å². The van der Waals surface area contributed by atoms with Crippen molar-refractivity contribution in [2.24, 2.45) is 0 Å². The quantitative estimate of drug-likeness (QED) is 0.377. The second-order valence-electron chi connectivity index (χ2n) is 5.01. The zero-order valence-corrected chi connectivity index (χ0v) is 13.1. The smallest absolute Gasteiger partial charge is 0.323 e. The van der Waals surface area contributed by atoms with Crippen LogP contribution in [-0.2, 0) is 14.4 Å². The fourth-order valence-electron chi connectivity index (χ4n) is 2.06. The summed E-state index contributed by atoms with van der Waals surface area (Å²) in [7, 11) is 0. The molecule has 9 heteroatoms. The van der Waals surface area contributed by atoms with Gasteiger partial charge in [-0.15, -0.1) is 0 Å². The van der Waals surface area contributed by atoms with Crippen LogP contribution in [0.15, 0.2) is 48.5 Å². The normalized spacial score (nSPS) is 9.96. The topological polar surface area (TPSA) is 136 Å². The third kappa shape index (κ3) is 4.16. The second-order valence-corrected chi connectivity index (χ2v) is 5.01. The number of rotatable bonds is 3. The van der Waals surface area contributed by atoms with E-state index >= 15 is 0 Å². The van der Waals surface area contributed by atoms with Crippen molar-refractivity contribution in [3.05, 3.63) is 58.6 Å². The van der Waals surface area contributed by atoms with Gasteiger partial charge < -0.3 is 11.1 Å². The van der Waals surface area contributed by atoms with Gasteiger partial charge in [-0.25, -0.2) is 4.90 Å². The van der Waals surface area contributed by atoms with Crippen LogP contribution in [0.2, 0.25) is 0 Å². The molecule has 0 atom stereocenters. The van der Waals surface area contributed by atoms with Gasteiger partial charge in [-0.1, -0.05) is 6.07 Å². The number of hydrogen-bond donors (Lipinski definition) is 2. The van der Waals surface area contributed by atoms with Crippen LogP contribution in [0.25, 0.3) is 0 Å². The molecule has 2 aromatic rings. The highest BCUT2D eigenvalue weighted by Crippen LogP contribution is 2.19. The molecule has 0 radical (unpaired) electrons. The number of amides is 3. The molecule has 0 aromatic heterocycles.